The van der Waals surface area contributed by atoms with E-state index >= 15 is 0 Å². The van der Waals surface area contributed by atoms with Crippen molar-refractivity contribution in [2.45, 2.75) is 25.3 Å². The van der Waals surface area contributed by atoms with E-state index in [9.17, 15) is 9.59 Å². The van der Waals surface area contributed by atoms with Crippen LogP contribution in [0.25, 0.3) is 0 Å². The Bertz CT molecular complexity index is 447. The van der Waals surface area contributed by atoms with Gasteiger partial charge in [-0.15, -0.1) is 0 Å². The first-order valence-corrected chi connectivity index (χ1v) is 6.21. The quantitative estimate of drug-likeness (QED) is 0.520. The van der Waals surface area contributed by atoms with Crippen molar-refractivity contribution < 1.29 is 24.9 Å². The van der Waals surface area contributed by atoms with Crippen LogP contribution in [0.15, 0.2) is 24.3 Å². The highest BCUT2D eigenvalue weighted by Crippen LogP contribution is 2.12. The lowest BCUT2D eigenvalue weighted by atomic mass is 10.0. The van der Waals surface area contributed by atoms with Gasteiger partial charge in [-0.05, 0) is 37.0 Å². The van der Waals surface area contributed by atoms with Gasteiger partial charge in [0, 0.05) is 12.6 Å². The topological polar surface area (TPSA) is 119 Å². The number of carbonyl (C=O) groups is 2. The number of phenolic OH excluding ortho intramolecular Hbond substituents is 1. The second kappa shape index (κ2) is 7.88. The Morgan fingerprint density at radius 2 is 1.75 bits per heavy atom. The number of aryl methyl sites for hydroxylation is 1. The zero-order chi connectivity index (χ0) is 15.0. The molecule has 5 N–H and O–H groups in total. The molecule has 0 spiro atoms. The average Bonchev–Trinajstić information content (AvgIpc) is 2.37. The molecule has 0 heterocycles. The van der Waals surface area contributed by atoms with Crippen molar-refractivity contribution in [2.24, 2.45) is 0 Å². The van der Waals surface area contributed by atoms with Gasteiger partial charge in [0.1, 0.15) is 5.75 Å². The summed E-state index contributed by atoms with van der Waals surface area (Å²) in [6.45, 7) is 0.0389. The lowest BCUT2D eigenvalue weighted by molar-refractivity contribution is 0.182. The maximum absolute atomic E-state index is 10.6. The van der Waals surface area contributed by atoms with Crippen molar-refractivity contribution in [2.75, 3.05) is 6.54 Å². The third-order valence-electron chi connectivity index (χ3n) is 2.78. The first-order valence-electron chi connectivity index (χ1n) is 6.21. The maximum Gasteiger partial charge on any atom is 0.404 e. The van der Waals surface area contributed by atoms with Gasteiger partial charge in [-0.25, -0.2) is 9.59 Å². The molecule has 0 aliphatic carbocycles. The maximum atomic E-state index is 10.6. The van der Waals surface area contributed by atoms with Crippen molar-refractivity contribution >= 4 is 12.2 Å². The molecule has 0 fully saturated rings. The standard InChI is InChI=1S/C13H18N2O5/c16-11-6-4-9(5-7-11)2-1-3-10(15-13(19)20)8-14-12(17)18/h4-7,10,14-16H,1-3,8H2,(H,17,18)(H,19,20). The molecule has 0 aromatic heterocycles. The fraction of sp³-hybridized carbons (Fsp3) is 0.385. The minimum atomic E-state index is -1.18. The largest absolute Gasteiger partial charge is 0.508 e. The van der Waals surface area contributed by atoms with E-state index in [0.29, 0.717) is 12.8 Å². The molecule has 0 aliphatic heterocycles. The second-order valence-electron chi connectivity index (χ2n) is 4.39. The van der Waals surface area contributed by atoms with Crippen LogP contribution in [-0.2, 0) is 6.42 Å². The molecule has 0 saturated carbocycles. The zero-order valence-corrected chi connectivity index (χ0v) is 10.9. The molecule has 1 aromatic carbocycles. The van der Waals surface area contributed by atoms with Gasteiger partial charge < -0.3 is 26.0 Å². The van der Waals surface area contributed by atoms with E-state index in [2.05, 4.69) is 10.6 Å². The van der Waals surface area contributed by atoms with Gasteiger partial charge in [0.25, 0.3) is 0 Å². The predicted octanol–water partition coefficient (Wildman–Crippen LogP) is 1.62. The molecule has 20 heavy (non-hydrogen) atoms. The molecule has 0 radical (unpaired) electrons. The van der Waals surface area contributed by atoms with Gasteiger partial charge in [-0.3, -0.25) is 0 Å². The Hall–Kier alpha value is -2.44. The first kappa shape index (κ1) is 15.6. The van der Waals surface area contributed by atoms with Crippen LogP contribution in [0.4, 0.5) is 9.59 Å². The molecule has 7 nitrogen and oxygen atoms in total. The molecule has 1 atom stereocenters. The second-order valence-corrected chi connectivity index (χ2v) is 4.39. The molecule has 2 amide bonds. The molecular weight excluding hydrogens is 264 g/mol. The number of nitrogens with one attached hydrogen (secondary N) is 2. The minimum absolute atomic E-state index is 0.0389. The van der Waals surface area contributed by atoms with Crippen LogP contribution in [0, 0.1) is 0 Å². The molecule has 1 unspecified atom stereocenters. The summed E-state index contributed by atoms with van der Waals surface area (Å²) in [6, 6.07) is 6.32. The van der Waals surface area contributed by atoms with E-state index in [1.807, 2.05) is 0 Å². The summed E-state index contributed by atoms with van der Waals surface area (Å²) in [5, 5.41) is 30.8. The van der Waals surface area contributed by atoms with Gasteiger partial charge in [0.15, 0.2) is 0 Å². The van der Waals surface area contributed by atoms with Gasteiger partial charge in [0.2, 0.25) is 0 Å². The molecule has 7 heteroatoms. The number of aromatic hydroxyl groups is 1. The fourth-order valence-electron chi connectivity index (χ4n) is 1.83. The summed E-state index contributed by atoms with van der Waals surface area (Å²) in [7, 11) is 0. The molecule has 1 rings (SSSR count). The smallest absolute Gasteiger partial charge is 0.404 e. The van der Waals surface area contributed by atoms with Crippen molar-refractivity contribution in [3.8, 4) is 5.75 Å². The first-order chi connectivity index (χ1) is 9.47. The molecule has 0 bridgehead atoms. The number of amides is 2. The Labute approximate surface area is 116 Å². The van der Waals surface area contributed by atoms with Crippen LogP contribution in [0.3, 0.4) is 0 Å². The normalized spacial score (nSPS) is 11.6. The highest BCUT2D eigenvalue weighted by molar-refractivity contribution is 5.66. The van der Waals surface area contributed by atoms with E-state index in [1.165, 1.54) is 0 Å². The number of phenols is 1. The molecular formula is C13H18N2O5. The summed E-state index contributed by atoms with van der Waals surface area (Å²) in [6.07, 6.45) is -0.400. The highest BCUT2D eigenvalue weighted by Gasteiger charge is 2.12. The van der Waals surface area contributed by atoms with Crippen LogP contribution < -0.4 is 10.6 Å². The van der Waals surface area contributed by atoms with Crippen LogP contribution in [0.5, 0.6) is 5.75 Å². The fourth-order valence-corrected chi connectivity index (χ4v) is 1.83. The van der Waals surface area contributed by atoms with Crippen LogP contribution in [-0.4, -0.2) is 40.1 Å². The summed E-state index contributed by atoms with van der Waals surface area (Å²) in [5.41, 5.74) is 1.03. The number of carboxylic acid groups (broad SMARTS) is 2. The number of rotatable bonds is 7. The Morgan fingerprint density at radius 1 is 1.10 bits per heavy atom. The number of hydrogen-bond donors (Lipinski definition) is 5. The summed E-state index contributed by atoms with van der Waals surface area (Å²) >= 11 is 0. The van der Waals surface area contributed by atoms with Gasteiger partial charge in [-0.2, -0.15) is 0 Å². The summed E-state index contributed by atoms with van der Waals surface area (Å²) in [4.78, 5) is 21.0. The number of benzene rings is 1. The van der Waals surface area contributed by atoms with Crippen molar-refractivity contribution in [1.82, 2.24) is 10.6 Å². The molecule has 1 aromatic rings. The molecule has 0 saturated heterocycles. The monoisotopic (exact) mass is 282 g/mol. The highest BCUT2D eigenvalue weighted by atomic mass is 16.4. The molecule has 0 aliphatic rings. The predicted molar refractivity (Wildman–Crippen MR) is 72.0 cm³/mol. The Balaban J connectivity index is 2.38. The zero-order valence-electron chi connectivity index (χ0n) is 10.9. The van der Waals surface area contributed by atoms with Crippen LogP contribution in [0.1, 0.15) is 18.4 Å². The lowest BCUT2D eigenvalue weighted by Gasteiger charge is -2.16. The summed E-state index contributed by atoms with van der Waals surface area (Å²) < 4.78 is 0. The van der Waals surface area contributed by atoms with Crippen molar-refractivity contribution in [3.63, 3.8) is 0 Å². The van der Waals surface area contributed by atoms with E-state index in [4.69, 9.17) is 15.3 Å². The third-order valence-corrected chi connectivity index (χ3v) is 2.78. The van der Waals surface area contributed by atoms with Gasteiger partial charge >= 0.3 is 12.2 Å². The summed E-state index contributed by atoms with van der Waals surface area (Å²) in [5.74, 6) is 0.199. The third kappa shape index (κ3) is 6.48. The lowest BCUT2D eigenvalue weighted by Crippen LogP contribution is -2.42. The van der Waals surface area contributed by atoms with Crippen molar-refractivity contribution in [1.29, 1.82) is 0 Å². The van der Waals surface area contributed by atoms with Gasteiger partial charge in [-0.1, -0.05) is 12.1 Å². The number of hydrogen-bond acceptors (Lipinski definition) is 3. The minimum Gasteiger partial charge on any atom is -0.508 e. The van der Waals surface area contributed by atoms with Crippen LogP contribution >= 0.6 is 0 Å². The van der Waals surface area contributed by atoms with E-state index < -0.39 is 18.2 Å². The molecule has 110 valence electrons. The van der Waals surface area contributed by atoms with E-state index in [1.54, 1.807) is 24.3 Å². The van der Waals surface area contributed by atoms with E-state index in [0.717, 1.165) is 12.0 Å². The Morgan fingerprint density at radius 3 is 2.30 bits per heavy atom. The average molecular weight is 282 g/mol. The van der Waals surface area contributed by atoms with Gasteiger partial charge in [0.05, 0.1) is 0 Å². The Kier molecular flexibility index (Phi) is 6.15. The van der Waals surface area contributed by atoms with E-state index in [-0.39, 0.29) is 12.3 Å². The van der Waals surface area contributed by atoms with Crippen LogP contribution in [0.2, 0.25) is 0 Å². The van der Waals surface area contributed by atoms with Crippen molar-refractivity contribution in [3.05, 3.63) is 29.8 Å². The SMILES string of the molecule is O=C(O)NCC(CCCc1ccc(O)cc1)NC(=O)O.